The SMILES string of the molecule is CCc1ccccc1NC(=O)CN1N=N[C@H]2C(=O)N(c3ccc(OC)c(Cl)c3)C(=O)[C@@H]21. The van der Waals surface area contributed by atoms with Crippen molar-refractivity contribution in [1.82, 2.24) is 5.01 Å². The third-order valence-electron chi connectivity index (χ3n) is 5.23. The van der Waals surface area contributed by atoms with Gasteiger partial charge in [0.15, 0.2) is 12.1 Å². The van der Waals surface area contributed by atoms with Gasteiger partial charge in [-0.3, -0.25) is 19.4 Å². The third kappa shape index (κ3) is 3.72. The van der Waals surface area contributed by atoms with Crippen LogP contribution in [0.2, 0.25) is 5.02 Å². The highest BCUT2D eigenvalue weighted by molar-refractivity contribution is 6.33. The van der Waals surface area contributed by atoms with Crippen molar-refractivity contribution in [3.63, 3.8) is 0 Å². The molecule has 1 N–H and O–H groups in total. The van der Waals surface area contributed by atoms with Crippen LogP contribution in [0.15, 0.2) is 52.8 Å². The van der Waals surface area contributed by atoms with Gasteiger partial charge in [0, 0.05) is 5.69 Å². The van der Waals surface area contributed by atoms with E-state index in [2.05, 4.69) is 15.7 Å². The number of halogens is 1. The number of aryl methyl sites for hydroxylation is 1. The predicted octanol–water partition coefficient (Wildman–Crippen LogP) is 2.84. The van der Waals surface area contributed by atoms with E-state index < -0.39 is 23.9 Å². The molecule has 1 saturated heterocycles. The molecular formula is C21H20ClN5O4. The topological polar surface area (TPSA) is 104 Å². The molecule has 0 spiro atoms. The van der Waals surface area contributed by atoms with Crippen LogP contribution in [0.4, 0.5) is 11.4 Å². The van der Waals surface area contributed by atoms with E-state index in [0.29, 0.717) is 17.1 Å². The highest BCUT2D eigenvalue weighted by atomic mass is 35.5. The van der Waals surface area contributed by atoms with Gasteiger partial charge in [-0.15, -0.1) is 0 Å². The first kappa shape index (κ1) is 20.8. The Labute approximate surface area is 183 Å². The molecule has 2 aliphatic heterocycles. The Morgan fingerprint density at radius 3 is 2.68 bits per heavy atom. The number of anilines is 2. The molecule has 0 unspecified atom stereocenters. The van der Waals surface area contributed by atoms with Crippen molar-refractivity contribution in [2.45, 2.75) is 25.4 Å². The molecule has 31 heavy (non-hydrogen) atoms. The summed E-state index contributed by atoms with van der Waals surface area (Å²) in [5.74, 6) is -0.955. The van der Waals surface area contributed by atoms with E-state index in [-0.39, 0.29) is 17.5 Å². The molecule has 4 rings (SSSR count). The quantitative estimate of drug-likeness (QED) is 0.694. The standard InChI is InChI=1S/C21H20ClN5O4/c1-3-12-6-4-5-7-15(12)23-17(28)11-26-19-18(24-25-26)20(29)27(21(19)30)13-8-9-16(31-2)14(22)10-13/h4-10,18-19H,3,11H2,1-2H3,(H,23,28)/t18-,19-/m1/s1. The smallest absolute Gasteiger partial charge is 0.263 e. The minimum Gasteiger partial charge on any atom is -0.495 e. The first-order chi connectivity index (χ1) is 14.9. The largest absolute Gasteiger partial charge is 0.495 e. The molecule has 2 aromatic rings. The molecule has 2 aliphatic rings. The van der Waals surface area contributed by atoms with Crippen LogP contribution in [0.5, 0.6) is 5.75 Å². The number of hydrogen-bond donors (Lipinski definition) is 1. The van der Waals surface area contributed by atoms with E-state index in [1.165, 1.54) is 18.2 Å². The summed E-state index contributed by atoms with van der Waals surface area (Å²) in [5, 5.41) is 12.2. The summed E-state index contributed by atoms with van der Waals surface area (Å²) in [6.07, 6.45) is 0.761. The van der Waals surface area contributed by atoms with Crippen LogP contribution >= 0.6 is 11.6 Å². The highest BCUT2D eigenvalue weighted by Gasteiger charge is 2.55. The molecule has 3 amide bonds. The maximum absolute atomic E-state index is 13.1. The minimum atomic E-state index is -0.996. The summed E-state index contributed by atoms with van der Waals surface area (Å²) in [7, 11) is 1.47. The Morgan fingerprint density at radius 1 is 1.19 bits per heavy atom. The van der Waals surface area contributed by atoms with E-state index >= 15 is 0 Å². The fourth-order valence-corrected chi connectivity index (χ4v) is 3.94. The maximum Gasteiger partial charge on any atom is 0.263 e. The fraction of sp³-hybridized carbons (Fsp3) is 0.286. The van der Waals surface area contributed by atoms with Crippen molar-refractivity contribution in [2.24, 2.45) is 10.3 Å². The Bertz CT molecular complexity index is 1090. The third-order valence-corrected chi connectivity index (χ3v) is 5.52. The minimum absolute atomic E-state index is 0.209. The van der Waals surface area contributed by atoms with E-state index in [1.54, 1.807) is 12.1 Å². The molecule has 2 atom stereocenters. The van der Waals surface area contributed by atoms with Crippen LogP contribution in [0, 0.1) is 0 Å². The van der Waals surface area contributed by atoms with Crippen molar-refractivity contribution in [3.05, 3.63) is 53.1 Å². The summed E-state index contributed by atoms with van der Waals surface area (Å²) >= 11 is 6.14. The summed E-state index contributed by atoms with van der Waals surface area (Å²) in [6, 6.07) is 10.1. The van der Waals surface area contributed by atoms with Gasteiger partial charge in [0.2, 0.25) is 5.91 Å². The second-order valence-corrected chi connectivity index (χ2v) is 7.49. The van der Waals surface area contributed by atoms with Gasteiger partial charge in [-0.2, -0.15) is 5.11 Å². The van der Waals surface area contributed by atoms with E-state index in [1.807, 2.05) is 31.2 Å². The number of para-hydroxylation sites is 1. The van der Waals surface area contributed by atoms with Crippen molar-refractivity contribution < 1.29 is 19.1 Å². The Kier molecular flexibility index (Phi) is 5.60. The second-order valence-electron chi connectivity index (χ2n) is 7.08. The summed E-state index contributed by atoms with van der Waals surface area (Å²) in [6.45, 7) is 1.78. The number of ether oxygens (including phenoxy) is 1. The molecule has 0 aliphatic carbocycles. The summed E-state index contributed by atoms with van der Waals surface area (Å²) in [5.41, 5.74) is 2.00. The molecular weight excluding hydrogens is 422 g/mol. The number of amides is 3. The van der Waals surface area contributed by atoms with Gasteiger partial charge in [-0.05, 0) is 36.2 Å². The lowest BCUT2D eigenvalue weighted by atomic mass is 10.1. The molecule has 10 heteroatoms. The molecule has 0 saturated carbocycles. The second kappa shape index (κ2) is 8.35. The number of hydrogen-bond acceptors (Lipinski definition) is 7. The number of carbonyl (C=O) groups is 3. The van der Waals surface area contributed by atoms with Gasteiger partial charge in [0.25, 0.3) is 11.8 Å². The monoisotopic (exact) mass is 441 g/mol. The number of imide groups is 1. The Balaban J connectivity index is 1.50. The number of methoxy groups -OCH3 is 1. The molecule has 9 nitrogen and oxygen atoms in total. The van der Waals surface area contributed by atoms with Gasteiger partial charge < -0.3 is 10.1 Å². The molecule has 1 fully saturated rings. The average Bonchev–Trinajstić information content (AvgIpc) is 3.27. The van der Waals surface area contributed by atoms with Gasteiger partial charge >= 0.3 is 0 Å². The summed E-state index contributed by atoms with van der Waals surface area (Å²) in [4.78, 5) is 39.5. The number of nitrogens with one attached hydrogen (secondary N) is 1. The molecule has 0 bridgehead atoms. The van der Waals surface area contributed by atoms with E-state index in [4.69, 9.17) is 16.3 Å². The van der Waals surface area contributed by atoms with Crippen LogP contribution in [-0.4, -0.2) is 48.5 Å². The zero-order chi connectivity index (χ0) is 22.1. The normalized spacial score (nSPS) is 19.7. The van der Waals surface area contributed by atoms with Gasteiger partial charge in [-0.25, -0.2) is 4.90 Å². The number of fused-ring (bicyclic) bond motifs is 1. The van der Waals surface area contributed by atoms with Crippen LogP contribution in [0.1, 0.15) is 12.5 Å². The lowest BCUT2D eigenvalue weighted by Crippen LogP contribution is -2.43. The van der Waals surface area contributed by atoms with Gasteiger partial charge in [0.1, 0.15) is 12.3 Å². The molecule has 0 aromatic heterocycles. The zero-order valence-corrected chi connectivity index (χ0v) is 17.7. The van der Waals surface area contributed by atoms with Crippen LogP contribution < -0.4 is 15.0 Å². The van der Waals surface area contributed by atoms with Crippen molar-refractivity contribution >= 4 is 40.7 Å². The number of rotatable bonds is 6. The van der Waals surface area contributed by atoms with E-state index in [9.17, 15) is 14.4 Å². The summed E-state index contributed by atoms with van der Waals surface area (Å²) < 4.78 is 5.11. The zero-order valence-electron chi connectivity index (χ0n) is 16.9. The van der Waals surface area contributed by atoms with Gasteiger partial charge in [-0.1, -0.05) is 41.9 Å². The molecule has 0 radical (unpaired) electrons. The van der Waals surface area contributed by atoms with Crippen LogP contribution in [-0.2, 0) is 20.8 Å². The fourth-order valence-electron chi connectivity index (χ4n) is 3.69. The molecule has 2 heterocycles. The van der Waals surface area contributed by atoms with Crippen molar-refractivity contribution in [3.8, 4) is 5.75 Å². The van der Waals surface area contributed by atoms with Crippen LogP contribution in [0.3, 0.4) is 0 Å². The maximum atomic E-state index is 13.1. The first-order valence-corrected chi connectivity index (χ1v) is 10.1. The highest BCUT2D eigenvalue weighted by Crippen LogP contribution is 2.35. The number of carbonyl (C=O) groups excluding carboxylic acids is 3. The average molecular weight is 442 g/mol. The van der Waals surface area contributed by atoms with Crippen molar-refractivity contribution in [2.75, 3.05) is 23.9 Å². The predicted molar refractivity (Wildman–Crippen MR) is 114 cm³/mol. The van der Waals surface area contributed by atoms with E-state index in [0.717, 1.165) is 16.9 Å². The lowest BCUT2D eigenvalue weighted by molar-refractivity contribution is -0.123. The lowest BCUT2D eigenvalue weighted by Gasteiger charge is -2.20. The van der Waals surface area contributed by atoms with Gasteiger partial charge in [0.05, 0.1) is 17.8 Å². The number of nitrogens with zero attached hydrogens (tertiary/aromatic N) is 4. The Hall–Kier alpha value is -3.46. The molecule has 2 aromatic carbocycles. The van der Waals surface area contributed by atoms with Crippen LogP contribution in [0.25, 0.3) is 0 Å². The first-order valence-electron chi connectivity index (χ1n) is 9.71. The number of benzene rings is 2. The van der Waals surface area contributed by atoms with Crippen molar-refractivity contribution in [1.29, 1.82) is 0 Å². The molecule has 160 valence electrons. The Morgan fingerprint density at radius 2 is 1.97 bits per heavy atom.